The maximum Gasteiger partial charge on any atom is 0.332 e. The number of hydrogen-bond acceptors (Lipinski definition) is 5. The zero-order valence-corrected chi connectivity index (χ0v) is 8.94. The smallest absolute Gasteiger partial charge is 0.332 e. The molecule has 0 saturated heterocycles. The molecule has 0 saturated carbocycles. The van der Waals surface area contributed by atoms with Gasteiger partial charge in [0.25, 0.3) is 0 Å². The first-order valence-electron chi connectivity index (χ1n) is 4.55. The van der Waals surface area contributed by atoms with Crippen molar-refractivity contribution >= 4 is 11.9 Å². The van der Waals surface area contributed by atoms with Gasteiger partial charge < -0.3 is 9.63 Å². The molecule has 0 radical (unpaired) electrons. The molecule has 1 heterocycles. The van der Waals surface area contributed by atoms with Crippen molar-refractivity contribution in [2.24, 2.45) is 0 Å². The Balaban J connectivity index is 2.43. The third kappa shape index (κ3) is 3.35. The predicted molar refractivity (Wildman–Crippen MR) is 51.4 cm³/mol. The quantitative estimate of drug-likeness (QED) is 0.686. The first kappa shape index (κ1) is 12.2. The Bertz CT molecular complexity index is 379. The SMILES string of the molecule is Cc1noc(C)c1CC(=O)NOCC(=O)O. The van der Waals surface area contributed by atoms with E-state index in [1.165, 1.54) is 0 Å². The molecule has 16 heavy (non-hydrogen) atoms. The number of aromatic nitrogens is 1. The molecule has 0 aliphatic carbocycles. The molecule has 0 aliphatic heterocycles. The highest BCUT2D eigenvalue weighted by Crippen LogP contribution is 2.12. The van der Waals surface area contributed by atoms with Crippen molar-refractivity contribution in [1.82, 2.24) is 10.6 Å². The van der Waals surface area contributed by atoms with Crippen molar-refractivity contribution in [2.45, 2.75) is 20.3 Å². The van der Waals surface area contributed by atoms with Crippen LogP contribution in [0.15, 0.2) is 4.52 Å². The van der Waals surface area contributed by atoms with E-state index >= 15 is 0 Å². The van der Waals surface area contributed by atoms with Crippen molar-refractivity contribution in [1.29, 1.82) is 0 Å². The van der Waals surface area contributed by atoms with Gasteiger partial charge in [-0.3, -0.25) is 9.63 Å². The lowest BCUT2D eigenvalue weighted by atomic mass is 10.1. The van der Waals surface area contributed by atoms with Gasteiger partial charge in [0.05, 0.1) is 12.1 Å². The number of carboxylic acids is 1. The number of hydroxylamine groups is 1. The van der Waals surface area contributed by atoms with E-state index in [1.807, 2.05) is 5.48 Å². The first-order chi connectivity index (χ1) is 7.50. The zero-order chi connectivity index (χ0) is 12.1. The molecule has 0 aliphatic rings. The molecular weight excluding hydrogens is 216 g/mol. The van der Waals surface area contributed by atoms with E-state index in [9.17, 15) is 9.59 Å². The first-order valence-corrected chi connectivity index (χ1v) is 4.55. The van der Waals surface area contributed by atoms with Gasteiger partial charge in [-0.05, 0) is 13.8 Å². The second kappa shape index (κ2) is 5.26. The van der Waals surface area contributed by atoms with Crippen molar-refractivity contribution in [2.75, 3.05) is 6.61 Å². The Morgan fingerprint density at radius 1 is 1.50 bits per heavy atom. The average Bonchev–Trinajstić information content (AvgIpc) is 2.49. The summed E-state index contributed by atoms with van der Waals surface area (Å²) in [5.74, 6) is -1.04. The summed E-state index contributed by atoms with van der Waals surface area (Å²) >= 11 is 0. The molecule has 1 rings (SSSR count). The molecule has 0 aromatic carbocycles. The lowest BCUT2D eigenvalue weighted by Crippen LogP contribution is -2.28. The number of carbonyl (C=O) groups excluding carboxylic acids is 1. The number of rotatable bonds is 5. The highest BCUT2D eigenvalue weighted by Gasteiger charge is 2.13. The van der Waals surface area contributed by atoms with Gasteiger partial charge in [-0.15, -0.1) is 0 Å². The van der Waals surface area contributed by atoms with Gasteiger partial charge in [0.1, 0.15) is 5.76 Å². The van der Waals surface area contributed by atoms with Gasteiger partial charge in [0, 0.05) is 5.56 Å². The van der Waals surface area contributed by atoms with Crippen molar-refractivity contribution in [3.63, 3.8) is 0 Å². The van der Waals surface area contributed by atoms with Gasteiger partial charge in [-0.25, -0.2) is 10.3 Å². The minimum Gasteiger partial charge on any atom is -0.479 e. The number of aliphatic carboxylic acids is 1. The van der Waals surface area contributed by atoms with Gasteiger partial charge in [0.2, 0.25) is 5.91 Å². The minimum atomic E-state index is -1.15. The Morgan fingerprint density at radius 3 is 2.69 bits per heavy atom. The van der Waals surface area contributed by atoms with Crippen LogP contribution in [0.25, 0.3) is 0 Å². The van der Waals surface area contributed by atoms with E-state index in [-0.39, 0.29) is 6.42 Å². The molecule has 2 N–H and O–H groups in total. The summed E-state index contributed by atoms with van der Waals surface area (Å²) in [5.41, 5.74) is 3.33. The van der Waals surface area contributed by atoms with Crippen LogP contribution in [0.3, 0.4) is 0 Å². The number of amides is 1. The molecule has 88 valence electrons. The molecule has 0 fully saturated rings. The molecule has 0 bridgehead atoms. The minimum absolute atomic E-state index is 0.0424. The van der Waals surface area contributed by atoms with E-state index in [1.54, 1.807) is 13.8 Å². The fraction of sp³-hybridized carbons (Fsp3) is 0.444. The van der Waals surface area contributed by atoms with Crippen LogP contribution in [0.5, 0.6) is 0 Å². The Hall–Kier alpha value is -1.89. The van der Waals surface area contributed by atoms with E-state index in [2.05, 4.69) is 9.99 Å². The maximum atomic E-state index is 11.3. The summed E-state index contributed by atoms with van der Waals surface area (Å²) in [5, 5.41) is 12.0. The van der Waals surface area contributed by atoms with E-state index in [0.717, 1.165) is 0 Å². The van der Waals surface area contributed by atoms with Crippen LogP contribution in [-0.4, -0.2) is 28.7 Å². The zero-order valence-electron chi connectivity index (χ0n) is 8.94. The lowest BCUT2D eigenvalue weighted by molar-refractivity contribution is -0.149. The van der Waals surface area contributed by atoms with Crippen molar-refractivity contribution < 1.29 is 24.1 Å². The number of nitrogens with zero attached hydrogens (tertiary/aromatic N) is 1. The normalized spacial score (nSPS) is 10.1. The van der Waals surface area contributed by atoms with Gasteiger partial charge >= 0.3 is 5.97 Å². The average molecular weight is 228 g/mol. The number of hydrogen-bond donors (Lipinski definition) is 2. The Morgan fingerprint density at radius 2 is 2.19 bits per heavy atom. The van der Waals surface area contributed by atoms with Gasteiger partial charge in [-0.1, -0.05) is 5.16 Å². The second-order valence-corrected chi connectivity index (χ2v) is 3.19. The number of carboxylic acid groups (broad SMARTS) is 1. The standard InChI is InChI=1S/C9H12N2O5/c1-5-7(6(2)16-10-5)3-8(12)11-15-4-9(13)14/h3-4H2,1-2H3,(H,11,12)(H,13,14). The van der Waals surface area contributed by atoms with Crippen LogP contribution < -0.4 is 5.48 Å². The third-order valence-corrected chi connectivity index (χ3v) is 1.90. The Labute approximate surface area is 91.3 Å². The summed E-state index contributed by atoms with van der Waals surface area (Å²) in [4.78, 5) is 25.8. The summed E-state index contributed by atoms with van der Waals surface area (Å²) < 4.78 is 4.87. The summed E-state index contributed by atoms with van der Waals surface area (Å²) in [6.07, 6.45) is 0.0424. The molecule has 1 aromatic heterocycles. The number of carbonyl (C=O) groups is 2. The van der Waals surface area contributed by atoms with Gasteiger partial charge in [0.15, 0.2) is 6.61 Å². The van der Waals surface area contributed by atoms with Crippen LogP contribution >= 0.6 is 0 Å². The number of aryl methyl sites for hydroxylation is 2. The molecule has 1 amide bonds. The van der Waals surface area contributed by atoms with Crippen molar-refractivity contribution in [3.8, 4) is 0 Å². The van der Waals surface area contributed by atoms with Crippen LogP contribution in [0.2, 0.25) is 0 Å². The molecule has 0 spiro atoms. The van der Waals surface area contributed by atoms with Crippen LogP contribution in [-0.2, 0) is 20.8 Å². The molecule has 1 aromatic rings. The van der Waals surface area contributed by atoms with Crippen LogP contribution in [0.4, 0.5) is 0 Å². The Kier molecular flexibility index (Phi) is 4.01. The fourth-order valence-electron chi connectivity index (χ4n) is 1.13. The molecule has 0 unspecified atom stereocenters. The molecule has 0 atom stereocenters. The highest BCUT2D eigenvalue weighted by atomic mass is 16.7. The topological polar surface area (TPSA) is 102 Å². The fourth-order valence-corrected chi connectivity index (χ4v) is 1.13. The summed E-state index contributed by atoms with van der Waals surface area (Å²) in [7, 11) is 0. The largest absolute Gasteiger partial charge is 0.479 e. The molecular formula is C9H12N2O5. The monoisotopic (exact) mass is 228 g/mol. The van der Waals surface area contributed by atoms with E-state index in [0.29, 0.717) is 17.0 Å². The van der Waals surface area contributed by atoms with Crippen LogP contribution in [0, 0.1) is 13.8 Å². The maximum absolute atomic E-state index is 11.3. The second-order valence-electron chi connectivity index (χ2n) is 3.19. The van der Waals surface area contributed by atoms with Crippen molar-refractivity contribution in [3.05, 3.63) is 17.0 Å². The molecule has 7 heteroatoms. The highest BCUT2D eigenvalue weighted by molar-refractivity contribution is 5.78. The lowest BCUT2D eigenvalue weighted by Gasteiger charge is -2.03. The van der Waals surface area contributed by atoms with E-state index in [4.69, 9.17) is 9.63 Å². The van der Waals surface area contributed by atoms with Crippen LogP contribution in [0.1, 0.15) is 17.0 Å². The van der Waals surface area contributed by atoms with E-state index < -0.39 is 18.5 Å². The summed E-state index contributed by atoms with van der Waals surface area (Å²) in [6, 6.07) is 0. The third-order valence-electron chi connectivity index (χ3n) is 1.90. The predicted octanol–water partition coefficient (Wildman–Crippen LogP) is -0.0337. The number of nitrogens with one attached hydrogen (secondary N) is 1. The summed E-state index contributed by atoms with van der Waals surface area (Å²) in [6.45, 7) is 2.84. The van der Waals surface area contributed by atoms with Gasteiger partial charge in [-0.2, -0.15) is 0 Å². The molecule has 7 nitrogen and oxygen atoms in total.